The molecule has 0 saturated carbocycles. The van der Waals surface area contributed by atoms with Crippen molar-refractivity contribution in [3.63, 3.8) is 0 Å². The molecule has 0 aliphatic carbocycles. The van der Waals surface area contributed by atoms with Crippen LogP contribution in [-0.2, 0) is 16.9 Å². The molecular formula is C11H22N4O2S. The van der Waals surface area contributed by atoms with E-state index < -0.39 is 9.84 Å². The zero-order chi connectivity index (χ0) is 13.9. The average molecular weight is 274 g/mol. The summed E-state index contributed by atoms with van der Waals surface area (Å²) in [5.74, 6) is 0.132. The van der Waals surface area contributed by atoms with E-state index in [2.05, 4.69) is 5.10 Å². The van der Waals surface area contributed by atoms with Gasteiger partial charge in [-0.05, 0) is 14.0 Å². The van der Waals surface area contributed by atoms with Crippen LogP contribution in [0.2, 0.25) is 0 Å². The monoisotopic (exact) mass is 274 g/mol. The van der Waals surface area contributed by atoms with Crippen molar-refractivity contribution in [3.8, 4) is 0 Å². The van der Waals surface area contributed by atoms with Gasteiger partial charge in [-0.2, -0.15) is 5.10 Å². The summed E-state index contributed by atoms with van der Waals surface area (Å²) in [7, 11) is 0.768. The Balaban J connectivity index is 2.79. The van der Waals surface area contributed by atoms with E-state index in [1.807, 2.05) is 32.1 Å². The highest BCUT2D eigenvalue weighted by atomic mass is 32.2. The molecule has 0 aliphatic heterocycles. The molecule has 0 amide bonds. The maximum atomic E-state index is 11.2. The minimum Gasteiger partial charge on any atom is -0.326 e. The van der Waals surface area contributed by atoms with Crippen molar-refractivity contribution < 1.29 is 8.42 Å². The summed E-state index contributed by atoms with van der Waals surface area (Å²) in [6.45, 7) is 2.37. The summed E-state index contributed by atoms with van der Waals surface area (Å²) in [4.78, 5) is 1.96. The molecule has 0 spiro atoms. The molecule has 0 bridgehead atoms. The second kappa shape index (κ2) is 5.81. The Labute approximate surface area is 109 Å². The summed E-state index contributed by atoms with van der Waals surface area (Å²) >= 11 is 0. The smallest absolute Gasteiger partial charge is 0.148 e. The Morgan fingerprint density at radius 1 is 1.56 bits per heavy atom. The van der Waals surface area contributed by atoms with Crippen molar-refractivity contribution in [1.29, 1.82) is 0 Å². The van der Waals surface area contributed by atoms with E-state index in [4.69, 9.17) is 5.73 Å². The van der Waals surface area contributed by atoms with Gasteiger partial charge in [-0.3, -0.25) is 9.58 Å². The first-order chi connectivity index (χ1) is 8.20. The van der Waals surface area contributed by atoms with Crippen LogP contribution in [0, 0.1) is 0 Å². The number of rotatable bonds is 6. The maximum Gasteiger partial charge on any atom is 0.148 e. The van der Waals surface area contributed by atoms with Gasteiger partial charge in [-0.15, -0.1) is 0 Å². The average Bonchev–Trinajstić information content (AvgIpc) is 2.60. The van der Waals surface area contributed by atoms with Crippen molar-refractivity contribution in [2.45, 2.75) is 19.0 Å². The third-order valence-electron chi connectivity index (χ3n) is 2.85. The van der Waals surface area contributed by atoms with Crippen LogP contribution in [0.5, 0.6) is 0 Å². The van der Waals surface area contributed by atoms with E-state index >= 15 is 0 Å². The van der Waals surface area contributed by atoms with Crippen molar-refractivity contribution in [2.24, 2.45) is 12.8 Å². The van der Waals surface area contributed by atoms with Crippen LogP contribution >= 0.6 is 0 Å². The number of likely N-dealkylation sites (N-methyl/N-ethyl adjacent to an activating group) is 1. The zero-order valence-corrected chi connectivity index (χ0v) is 12.2. The molecule has 18 heavy (non-hydrogen) atoms. The molecule has 1 aromatic heterocycles. The summed E-state index contributed by atoms with van der Waals surface area (Å²) in [6.07, 6.45) is 4.92. The van der Waals surface area contributed by atoms with Crippen LogP contribution in [0.25, 0.3) is 0 Å². The lowest BCUT2D eigenvalue weighted by Crippen LogP contribution is -2.39. The molecule has 104 valence electrons. The molecule has 0 aliphatic rings. The van der Waals surface area contributed by atoms with Gasteiger partial charge in [0.2, 0.25) is 0 Å². The third kappa shape index (κ3) is 4.40. The van der Waals surface area contributed by atoms with Gasteiger partial charge in [0.1, 0.15) is 9.84 Å². The number of hydrogen-bond acceptors (Lipinski definition) is 5. The molecule has 1 heterocycles. The van der Waals surface area contributed by atoms with Gasteiger partial charge in [0.15, 0.2) is 0 Å². The van der Waals surface area contributed by atoms with E-state index in [-0.39, 0.29) is 17.8 Å². The normalized spacial score (nSPS) is 15.9. The van der Waals surface area contributed by atoms with Gasteiger partial charge >= 0.3 is 0 Å². The molecule has 0 saturated heterocycles. The fraction of sp³-hybridized carbons (Fsp3) is 0.727. The summed E-state index contributed by atoms with van der Waals surface area (Å²) in [6, 6.07) is -0.126. The van der Waals surface area contributed by atoms with Gasteiger partial charge in [0.05, 0.1) is 18.0 Å². The Morgan fingerprint density at radius 2 is 2.17 bits per heavy atom. The molecule has 1 aromatic rings. The van der Waals surface area contributed by atoms with Crippen molar-refractivity contribution in [1.82, 2.24) is 14.7 Å². The highest BCUT2D eigenvalue weighted by Gasteiger charge is 2.23. The third-order valence-corrected chi connectivity index (χ3v) is 3.78. The molecule has 2 atom stereocenters. The maximum absolute atomic E-state index is 11.2. The fourth-order valence-corrected chi connectivity index (χ4v) is 2.62. The quantitative estimate of drug-likeness (QED) is 0.776. The number of hydrogen-bond donors (Lipinski definition) is 1. The Morgan fingerprint density at radius 3 is 2.56 bits per heavy atom. The molecule has 0 radical (unpaired) electrons. The van der Waals surface area contributed by atoms with E-state index in [9.17, 15) is 8.42 Å². The second-order valence-corrected chi connectivity index (χ2v) is 7.12. The Bertz CT molecular complexity index is 481. The standard InChI is InChI=1S/C11H22N4O2S/c1-9(12)11(10-7-13-15(3)8-10)14(2)5-6-18(4,16)17/h7-9,11H,5-6,12H2,1-4H3. The molecule has 7 heteroatoms. The van der Waals surface area contributed by atoms with E-state index in [1.54, 1.807) is 10.9 Å². The second-order valence-electron chi connectivity index (χ2n) is 4.86. The predicted molar refractivity (Wildman–Crippen MR) is 71.9 cm³/mol. The zero-order valence-electron chi connectivity index (χ0n) is 11.4. The van der Waals surface area contributed by atoms with Gasteiger partial charge < -0.3 is 5.73 Å². The first-order valence-corrected chi connectivity index (χ1v) is 7.89. The molecule has 2 unspecified atom stereocenters. The Kier molecular flexibility index (Phi) is 4.89. The fourth-order valence-electron chi connectivity index (χ4n) is 2.00. The topological polar surface area (TPSA) is 81.2 Å². The molecular weight excluding hydrogens is 252 g/mol. The number of nitrogens with zero attached hydrogens (tertiary/aromatic N) is 3. The molecule has 0 aromatic carbocycles. The van der Waals surface area contributed by atoms with Crippen LogP contribution in [0.3, 0.4) is 0 Å². The highest BCUT2D eigenvalue weighted by molar-refractivity contribution is 7.90. The van der Waals surface area contributed by atoms with Crippen LogP contribution in [0.1, 0.15) is 18.5 Å². The number of aromatic nitrogens is 2. The molecule has 0 fully saturated rings. The van der Waals surface area contributed by atoms with Gasteiger partial charge in [-0.1, -0.05) is 0 Å². The summed E-state index contributed by atoms with van der Waals surface area (Å²) in [5, 5.41) is 4.13. The van der Waals surface area contributed by atoms with Crippen molar-refractivity contribution in [2.75, 3.05) is 25.6 Å². The minimum absolute atomic E-state index is 0.0274. The minimum atomic E-state index is -2.96. The largest absolute Gasteiger partial charge is 0.326 e. The lowest BCUT2D eigenvalue weighted by Gasteiger charge is -2.30. The predicted octanol–water partition coefficient (Wildman–Crippen LogP) is -0.215. The lowest BCUT2D eigenvalue weighted by atomic mass is 10.0. The number of nitrogens with two attached hydrogens (primary N) is 1. The van der Waals surface area contributed by atoms with Crippen molar-refractivity contribution >= 4 is 9.84 Å². The summed E-state index contributed by atoms with van der Waals surface area (Å²) in [5.41, 5.74) is 6.99. The number of aryl methyl sites for hydroxylation is 1. The molecule has 1 rings (SSSR count). The van der Waals surface area contributed by atoms with E-state index in [0.29, 0.717) is 6.54 Å². The first-order valence-electron chi connectivity index (χ1n) is 5.83. The SMILES string of the molecule is CC(N)C(c1cnn(C)c1)N(C)CCS(C)(=O)=O. The number of sulfone groups is 1. The van der Waals surface area contributed by atoms with Crippen LogP contribution in [-0.4, -0.2) is 54.7 Å². The van der Waals surface area contributed by atoms with Crippen LogP contribution < -0.4 is 5.73 Å². The van der Waals surface area contributed by atoms with Gasteiger partial charge in [-0.25, -0.2) is 8.42 Å². The van der Waals surface area contributed by atoms with E-state index in [0.717, 1.165) is 5.56 Å². The molecule has 2 N–H and O–H groups in total. The summed E-state index contributed by atoms with van der Waals surface area (Å²) < 4.78 is 24.1. The Hall–Kier alpha value is -0.920. The van der Waals surface area contributed by atoms with Crippen LogP contribution in [0.4, 0.5) is 0 Å². The van der Waals surface area contributed by atoms with Crippen LogP contribution in [0.15, 0.2) is 12.4 Å². The van der Waals surface area contributed by atoms with E-state index in [1.165, 1.54) is 6.26 Å². The van der Waals surface area contributed by atoms with Gasteiger partial charge in [0.25, 0.3) is 0 Å². The van der Waals surface area contributed by atoms with Crippen molar-refractivity contribution in [3.05, 3.63) is 18.0 Å². The van der Waals surface area contributed by atoms with Gasteiger partial charge in [0, 0.05) is 37.7 Å². The first kappa shape index (κ1) is 15.1. The lowest BCUT2D eigenvalue weighted by molar-refractivity contribution is 0.231. The highest BCUT2D eigenvalue weighted by Crippen LogP contribution is 2.21. The molecule has 6 nitrogen and oxygen atoms in total.